The van der Waals surface area contributed by atoms with Crippen LogP contribution in [0.1, 0.15) is 22.3 Å². The normalized spacial score (nSPS) is 13.8. The van der Waals surface area contributed by atoms with Gasteiger partial charge < -0.3 is 14.7 Å². The Morgan fingerprint density at radius 3 is 2.45 bits per heavy atom. The minimum atomic E-state index is -1.000. The fourth-order valence-corrected chi connectivity index (χ4v) is 3.61. The molecule has 146 valence electrons. The monoisotopic (exact) mass is 387 g/mol. The van der Waals surface area contributed by atoms with Gasteiger partial charge in [0.2, 0.25) is 0 Å². The first-order valence-corrected chi connectivity index (χ1v) is 9.53. The molecule has 0 aliphatic carbocycles. The summed E-state index contributed by atoms with van der Waals surface area (Å²) >= 11 is 0. The zero-order valence-electron chi connectivity index (χ0n) is 15.9. The predicted octanol–water partition coefficient (Wildman–Crippen LogP) is 4.23. The van der Waals surface area contributed by atoms with Gasteiger partial charge in [0.25, 0.3) is 5.91 Å². The van der Waals surface area contributed by atoms with E-state index in [0.717, 1.165) is 28.3 Å². The molecular formula is C24H21NO4. The van der Waals surface area contributed by atoms with Gasteiger partial charge >= 0.3 is 5.97 Å². The highest BCUT2D eigenvalue weighted by atomic mass is 16.5. The molecule has 0 atom stereocenters. The molecular weight excluding hydrogens is 366 g/mol. The number of carboxylic acids is 1. The van der Waals surface area contributed by atoms with Crippen LogP contribution in [0, 0.1) is 0 Å². The lowest BCUT2D eigenvalue weighted by Gasteiger charge is -2.27. The first kappa shape index (κ1) is 18.7. The van der Waals surface area contributed by atoms with Crippen LogP contribution >= 0.6 is 0 Å². The number of rotatable bonds is 5. The zero-order chi connectivity index (χ0) is 20.2. The van der Waals surface area contributed by atoms with Crippen molar-refractivity contribution in [1.82, 2.24) is 4.90 Å². The summed E-state index contributed by atoms with van der Waals surface area (Å²) in [6.45, 7) is 0.868. The predicted molar refractivity (Wildman–Crippen MR) is 112 cm³/mol. The Bertz CT molecular complexity index is 1080. The number of carbonyl (C=O) groups excluding carboxylic acids is 1. The topological polar surface area (TPSA) is 66.8 Å². The van der Waals surface area contributed by atoms with Crippen LogP contribution in [0.2, 0.25) is 0 Å². The summed E-state index contributed by atoms with van der Waals surface area (Å²) in [6.07, 6.45) is 2.85. The Balaban J connectivity index is 1.46. The van der Waals surface area contributed by atoms with Gasteiger partial charge in [-0.05, 0) is 46.5 Å². The summed E-state index contributed by atoms with van der Waals surface area (Å²) in [7, 11) is 0. The molecule has 5 heteroatoms. The lowest BCUT2D eigenvalue weighted by molar-refractivity contribution is -0.139. The zero-order valence-corrected chi connectivity index (χ0v) is 15.9. The van der Waals surface area contributed by atoms with Crippen molar-refractivity contribution in [3.8, 4) is 5.75 Å². The summed E-state index contributed by atoms with van der Waals surface area (Å²) in [5, 5.41) is 10.7. The second-order valence-corrected chi connectivity index (χ2v) is 6.96. The van der Waals surface area contributed by atoms with E-state index < -0.39 is 5.97 Å². The fourth-order valence-electron chi connectivity index (χ4n) is 3.61. The molecule has 1 aliphatic rings. The maximum Gasteiger partial charge on any atom is 0.341 e. The van der Waals surface area contributed by atoms with Crippen molar-refractivity contribution >= 4 is 28.2 Å². The molecule has 5 nitrogen and oxygen atoms in total. The van der Waals surface area contributed by atoms with Crippen LogP contribution in [0.3, 0.4) is 0 Å². The van der Waals surface area contributed by atoms with E-state index in [-0.39, 0.29) is 12.5 Å². The average Bonchev–Trinajstić information content (AvgIpc) is 2.77. The van der Waals surface area contributed by atoms with Crippen LogP contribution < -0.4 is 4.74 Å². The molecule has 3 aromatic rings. The SMILES string of the molecule is O=C(O)COc1ccc(C2=CCN(C(=O)c3cccc4ccccc34)CC2)cc1. The molecule has 0 spiro atoms. The number of fused-ring (bicyclic) bond motifs is 1. The molecule has 1 N–H and O–H groups in total. The van der Waals surface area contributed by atoms with Gasteiger partial charge in [0.1, 0.15) is 5.75 Å². The average molecular weight is 387 g/mol. The molecule has 0 bridgehead atoms. The summed E-state index contributed by atoms with van der Waals surface area (Å²) in [5.74, 6) is -0.421. The van der Waals surface area contributed by atoms with Gasteiger partial charge in [-0.15, -0.1) is 0 Å². The van der Waals surface area contributed by atoms with E-state index in [0.29, 0.717) is 18.8 Å². The maximum absolute atomic E-state index is 13.1. The van der Waals surface area contributed by atoms with E-state index in [1.165, 1.54) is 5.57 Å². The molecule has 4 rings (SSSR count). The highest BCUT2D eigenvalue weighted by molar-refractivity contribution is 6.07. The number of aliphatic carboxylic acids is 1. The van der Waals surface area contributed by atoms with Crippen molar-refractivity contribution in [2.75, 3.05) is 19.7 Å². The molecule has 0 aromatic heterocycles. The van der Waals surface area contributed by atoms with E-state index in [1.54, 1.807) is 12.1 Å². The van der Waals surface area contributed by atoms with Gasteiger partial charge in [-0.1, -0.05) is 54.6 Å². The third-order valence-electron chi connectivity index (χ3n) is 5.10. The first-order chi connectivity index (χ1) is 14.1. The minimum Gasteiger partial charge on any atom is -0.482 e. The number of hydrogen-bond donors (Lipinski definition) is 1. The van der Waals surface area contributed by atoms with E-state index in [9.17, 15) is 9.59 Å². The third kappa shape index (κ3) is 4.14. The number of carboxylic acid groups (broad SMARTS) is 1. The molecule has 1 heterocycles. The van der Waals surface area contributed by atoms with Crippen LogP contribution in [0.4, 0.5) is 0 Å². The number of amides is 1. The molecule has 0 unspecified atom stereocenters. The van der Waals surface area contributed by atoms with Gasteiger partial charge in [0.15, 0.2) is 6.61 Å². The smallest absolute Gasteiger partial charge is 0.341 e. The standard InChI is InChI=1S/C24H21NO4/c26-23(27)16-29-20-10-8-17(9-11-20)18-12-14-25(15-13-18)24(28)22-7-3-5-19-4-1-2-6-21(19)22/h1-12H,13-16H2,(H,26,27). The van der Waals surface area contributed by atoms with Gasteiger partial charge in [-0.3, -0.25) is 4.79 Å². The Labute approximate surface area is 168 Å². The molecule has 3 aromatic carbocycles. The molecule has 0 fully saturated rings. The Morgan fingerprint density at radius 1 is 0.966 bits per heavy atom. The Kier molecular flexibility index (Phi) is 5.29. The van der Waals surface area contributed by atoms with E-state index in [1.807, 2.05) is 59.5 Å². The molecule has 0 saturated carbocycles. The van der Waals surface area contributed by atoms with Gasteiger partial charge in [-0.2, -0.15) is 0 Å². The second-order valence-electron chi connectivity index (χ2n) is 6.96. The lowest BCUT2D eigenvalue weighted by atomic mass is 9.98. The van der Waals surface area contributed by atoms with Crippen molar-refractivity contribution < 1.29 is 19.4 Å². The number of hydrogen-bond acceptors (Lipinski definition) is 3. The number of nitrogens with zero attached hydrogens (tertiary/aromatic N) is 1. The maximum atomic E-state index is 13.1. The molecule has 1 aliphatic heterocycles. The molecule has 1 amide bonds. The number of ether oxygens (including phenoxy) is 1. The highest BCUT2D eigenvalue weighted by Gasteiger charge is 2.20. The second kappa shape index (κ2) is 8.19. The largest absolute Gasteiger partial charge is 0.482 e. The van der Waals surface area contributed by atoms with Gasteiger partial charge in [-0.25, -0.2) is 4.79 Å². The fraction of sp³-hybridized carbons (Fsp3) is 0.167. The van der Waals surface area contributed by atoms with Crippen LogP contribution in [-0.4, -0.2) is 41.6 Å². The number of carbonyl (C=O) groups is 2. The molecule has 0 saturated heterocycles. The molecule has 0 radical (unpaired) electrons. The summed E-state index contributed by atoms with van der Waals surface area (Å²) in [6, 6.07) is 21.2. The van der Waals surface area contributed by atoms with Crippen LogP contribution in [0.15, 0.2) is 72.8 Å². The Hall–Kier alpha value is -3.60. The van der Waals surface area contributed by atoms with Gasteiger partial charge in [0, 0.05) is 18.7 Å². The lowest BCUT2D eigenvalue weighted by Crippen LogP contribution is -2.34. The van der Waals surface area contributed by atoms with Gasteiger partial charge in [0.05, 0.1) is 0 Å². The summed E-state index contributed by atoms with van der Waals surface area (Å²) in [4.78, 5) is 25.5. The third-order valence-corrected chi connectivity index (χ3v) is 5.10. The minimum absolute atomic E-state index is 0.0505. The van der Waals surface area contributed by atoms with E-state index >= 15 is 0 Å². The quantitative estimate of drug-likeness (QED) is 0.711. The first-order valence-electron chi connectivity index (χ1n) is 9.53. The summed E-state index contributed by atoms with van der Waals surface area (Å²) < 4.78 is 5.17. The van der Waals surface area contributed by atoms with Crippen molar-refractivity contribution in [2.24, 2.45) is 0 Å². The van der Waals surface area contributed by atoms with Crippen molar-refractivity contribution in [3.63, 3.8) is 0 Å². The number of benzene rings is 3. The van der Waals surface area contributed by atoms with E-state index in [2.05, 4.69) is 6.08 Å². The Morgan fingerprint density at radius 2 is 1.72 bits per heavy atom. The van der Waals surface area contributed by atoms with Crippen LogP contribution in [0.5, 0.6) is 5.75 Å². The van der Waals surface area contributed by atoms with Crippen molar-refractivity contribution in [3.05, 3.63) is 83.9 Å². The van der Waals surface area contributed by atoms with E-state index in [4.69, 9.17) is 9.84 Å². The molecule has 29 heavy (non-hydrogen) atoms. The van der Waals surface area contributed by atoms with Crippen molar-refractivity contribution in [1.29, 1.82) is 0 Å². The summed E-state index contributed by atoms with van der Waals surface area (Å²) in [5.41, 5.74) is 2.97. The van der Waals surface area contributed by atoms with Crippen LogP contribution in [-0.2, 0) is 4.79 Å². The highest BCUT2D eigenvalue weighted by Crippen LogP contribution is 2.26. The van der Waals surface area contributed by atoms with Crippen molar-refractivity contribution in [2.45, 2.75) is 6.42 Å². The van der Waals surface area contributed by atoms with Crippen LogP contribution in [0.25, 0.3) is 16.3 Å².